The Morgan fingerprint density at radius 2 is 1.77 bits per heavy atom. The van der Waals surface area contributed by atoms with E-state index in [1.807, 2.05) is 0 Å². The van der Waals surface area contributed by atoms with Crippen LogP contribution in [-0.4, -0.2) is 26.3 Å². The Labute approximate surface area is 249 Å². The number of ketones is 2. The summed E-state index contributed by atoms with van der Waals surface area (Å²) in [6.07, 6.45) is -1.88. The minimum atomic E-state index is -4.68. The second-order valence-corrected chi connectivity index (χ2v) is 11.3. The van der Waals surface area contributed by atoms with Gasteiger partial charge in [-0.05, 0) is 80.0 Å². The second kappa shape index (κ2) is 12.4. The van der Waals surface area contributed by atoms with Crippen LogP contribution in [0.3, 0.4) is 0 Å². The van der Waals surface area contributed by atoms with E-state index in [-0.39, 0.29) is 35.4 Å². The van der Waals surface area contributed by atoms with Crippen LogP contribution in [0.2, 0.25) is 0 Å². The largest absolute Gasteiger partial charge is 0.435 e. The van der Waals surface area contributed by atoms with Crippen LogP contribution in [0.4, 0.5) is 26.3 Å². The van der Waals surface area contributed by atoms with Crippen molar-refractivity contribution < 1.29 is 35.9 Å². The molecule has 2 heterocycles. The molecule has 0 saturated heterocycles. The number of halogens is 6. The molecule has 2 aromatic heterocycles. The monoisotopic (exact) mass is 613 g/mol. The highest BCUT2D eigenvalue weighted by Crippen LogP contribution is 2.41. The summed E-state index contributed by atoms with van der Waals surface area (Å²) in [6, 6.07) is 10.2. The number of hydrogen-bond donors (Lipinski definition) is 0. The molecule has 0 aliphatic heterocycles. The van der Waals surface area contributed by atoms with Crippen molar-refractivity contribution >= 4 is 11.6 Å². The van der Waals surface area contributed by atoms with Crippen molar-refractivity contribution in [3.05, 3.63) is 106 Å². The molecule has 0 radical (unpaired) electrons. The molecule has 0 saturated carbocycles. The molecule has 5 nitrogen and oxygen atoms in total. The van der Waals surface area contributed by atoms with Crippen LogP contribution < -0.4 is 0 Å². The summed E-state index contributed by atoms with van der Waals surface area (Å²) in [7, 11) is 0. The van der Waals surface area contributed by atoms with Gasteiger partial charge in [0.1, 0.15) is 17.5 Å². The maximum atomic E-state index is 14.3. The fourth-order valence-electron chi connectivity index (χ4n) is 6.09. The van der Waals surface area contributed by atoms with Crippen molar-refractivity contribution in [3.8, 4) is 11.1 Å². The normalized spacial score (nSPS) is 15.6. The van der Waals surface area contributed by atoms with Gasteiger partial charge in [-0.2, -0.15) is 18.3 Å². The first-order valence-electron chi connectivity index (χ1n) is 14.2. The number of nitrogens with zero attached hydrogens (tertiary/aromatic N) is 3. The Balaban J connectivity index is 1.53. The van der Waals surface area contributed by atoms with E-state index in [1.165, 1.54) is 25.3 Å². The molecule has 1 aliphatic rings. The number of carbonyl (C=O) groups is 2. The lowest BCUT2D eigenvalue weighted by Gasteiger charge is -2.22. The summed E-state index contributed by atoms with van der Waals surface area (Å²) < 4.78 is 85.3. The van der Waals surface area contributed by atoms with E-state index in [2.05, 4.69) is 10.1 Å². The first-order chi connectivity index (χ1) is 20.8. The Morgan fingerprint density at radius 1 is 1.05 bits per heavy atom. The summed E-state index contributed by atoms with van der Waals surface area (Å²) in [6.45, 7) is 2.52. The SMILES string of the molecule is CC(=O)c1cc(-c2cccnc2[C@@H](CC(=O)Cn2nc(C(F)(F)F)c3c2CCCC3C)Cc2cc(F)cc(F)c2)ccc1F. The lowest BCUT2D eigenvalue weighted by molar-refractivity contribution is -0.142. The molecule has 0 amide bonds. The van der Waals surface area contributed by atoms with E-state index in [0.717, 1.165) is 28.9 Å². The molecule has 2 atom stereocenters. The van der Waals surface area contributed by atoms with E-state index in [4.69, 9.17) is 0 Å². The zero-order valence-corrected chi connectivity index (χ0v) is 24.0. The Morgan fingerprint density at radius 3 is 2.45 bits per heavy atom. The van der Waals surface area contributed by atoms with E-state index in [9.17, 15) is 35.9 Å². The summed E-state index contributed by atoms with van der Waals surface area (Å²) in [4.78, 5) is 30.1. The molecule has 0 N–H and O–H groups in total. The number of fused-ring (bicyclic) bond motifs is 1. The van der Waals surface area contributed by atoms with E-state index < -0.39 is 53.4 Å². The van der Waals surface area contributed by atoms with E-state index in [0.29, 0.717) is 41.8 Å². The van der Waals surface area contributed by atoms with Crippen LogP contribution in [0.5, 0.6) is 0 Å². The van der Waals surface area contributed by atoms with Crippen molar-refractivity contribution in [3.63, 3.8) is 0 Å². The van der Waals surface area contributed by atoms with Gasteiger partial charge >= 0.3 is 6.18 Å². The molecular weight excluding hydrogens is 584 g/mol. The molecule has 5 rings (SSSR count). The Bertz CT molecular complexity index is 1710. The van der Waals surface area contributed by atoms with Crippen LogP contribution in [0.1, 0.15) is 83.5 Å². The molecule has 44 heavy (non-hydrogen) atoms. The van der Waals surface area contributed by atoms with Crippen molar-refractivity contribution in [2.45, 2.75) is 70.5 Å². The van der Waals surface area contributed by atoms with Gasteiger partial charge in [-0.15, -0.1) is 0 Å². The van der Waals surface area contributed by atoms with Crippen molar-refractivity contribution in [1.82, 2.24) is 14.8 Å². The number of rotatable bonds is 9. The summed E-state index contributed by atoms with van der Waals surface area (Å²) in [5.74, 6) is -4.42. The molecule has 2 aromatic carbocycles. The average molecular weight is 614 g/mol. The fraction of sp³-hybridized carbons (Fsp3) is 0.333. The molecule has 230 valence electrons. The van der Waals surface area contributed by atoms with Crippen molar-refractivity contribution in [1.29, 1.82) is 0 Å². The molecule has 11 heteroatoms. The highest BCUT2D eigenvalue weighted by atomic mass is 19.4. The van der Waals surface area contributed by atoms with Crippen LogP contribution in [0.25, 0.3) is 11.1 Å². The van der Waals surface area contributed by atoms with Gasteiger partial charge in [0.25, 0.3) is 0 Å². The van der Waals surface area contributed by atoms with Crippen LogP contribution in [-0.2, 0) is 30.4 Å². The minimum absolute atomic E-state index is 0.0345. The standard InChI is InChI=1S/C33H29F6N3O2/c1-18-5-3-7-29-30(18)32(33(37,38)39)41-42(29)17-25(44)14-22(11-20-12-23(34)16-24(35)13-20)31-26(6-4-10-40-31)21-8-9-28(36)27(15-21)19(2)43/h4,6,8-10,12-13,15-16,18,22H,3,5,7,11,14,17H2,1-2H3/t18?,22-/m1/s1. The maximum absolute atomic E-state index is 14.3. The van der Waals surface area contributed by atoms with Crippen molar-refractivity contribution in [2.24, 2.45) is 0 Å². The Kier molecular flexibility index (Phi) is 8.76. The predicted molar refractivity (Wildman–Crippen MR) is 151 cm³/mol. The number of carbonyl (C=O) groups excluding carboxylic acids is 2. The number of pyridine rings is 1. The third-order valence-electron chi connectivity index (χ3n) is 8.00. The molecule has 1 aliphatic carbocycles. The molecular formula is C33H29F6N3O2. The van der Waals surface area contributed by atoms with Gasteiger partial charge in [-0.3, -0.25) is 19.3 Å². The van der Waals surface area contributed by atoms with Gasteiger partial charge in [0.15, 0.2) is 17.3 Å². The lowest BCUT2D eigenvalue weighted by atomic mass is 9.86. The Hall–Kier alpha value is -4.28. The van der Waals surface area contributed by atoms with Gasteiger partial charge in [-0.1, -0.05) is 19.1 Å². The van der Waals surface area contributed by atoms with Crippen LogP contribution >= 0.6 is 0 Å². The minimum Gasteiger partial charge on any atom is -0.298 e. The first kappa shape index (κ1) is 31.2. The number of aromatic nitrogens is 3. The van der Waals surface area contributed by atoms with Gasteiger partial charge < -0.3 is 0 Å². The lowest BCUT2D eigenvalue weighted by Crippen LogP contribution is -2.20. The van der Waals surface area contributed by atoms with E-state index >= 15 is 0 Å². The summed E-state index contributed by atoms with van der Waals surface area (Å²) >= 11 is 0. The molecule has 0 spiro atoms. The average Bonchev–Trinajstić information content (AvgIpc) is 3.32. The second-order valence-electron chi connectivity index (χ2n) is 11.3. The van der Waals surface area contributed by atoms with E-state index in [1.54, 1.807) is 19.1 Å². The molecule has 0 fully saturated rings. The number of benzene rings is 2. The zero-order valence-electron chi connectivity index (χ0n) is 24.0. The fourth-order valence-corrected chi connectivity index (χ4v) is 6.09. The highest BCUT2D eigenvalue weighted by molar-refractivity contribution is 5.95. The third kappa shape index (κ3) is 6.61. The van der Waals surface area contributed by atoms with Gasteiger partial charge in [0.2, 0.25) is 0 Å². The van der Waals surface area contributed by atoms with Crippen LogP contribution in [0.15, 0.2) is 54.7 Å². The smallest absolute Gasteiger partial charge is 0.298 e. The predicted octanol–water partition coefficient (Wildman–Crippen LogP) is 8.01. The van der Waals surface area contributed by atoms with Crippen molar-refractivity contribution in [2.75, 3.05) is 0 Å². The van der Waals surface area contributed by atoms with Gasteiger partial charge in [-0.25, -0.2) is 13.2 Å². The molecule has 0 bridgehead atoms. The summed E-state index contributed by atoms with van der Waals surface area (Å²) in [5, 5.41) is 3.83. The summed E-state index contributed by atoms with van der Waals surface area (Å²) in [5.41, 5.74) is 0.868. The zero-order chi connectivity index (χ0) is 31.8. The molecule has 1 unspecified atom stereocenters. The first-order valence-corrected chi connectivity index (χ1v) is 14.2. The molecule has 4 aromatic rings. The highest BCUT2D eigenvalue weighted by Gasteiger charge is 2.41. The third-order valence-corrected chi connectivity index (χ3v) is 8.00. The van der Waals surface area contributed by atoms with Crippen LogP contribution in [0, 0.1) is 17.5 Å². The quantitative estimate of drug-likeness (QED) is 0.142. The number of alkyl halides is 3. The number of hydrogen-bond acceptors (Lipinski definition) is 4. The van der Waals surface area contributed by atoms with Gasteiger partial charge in [0, 0.05) is 41.4 Å². The topological polar surface area (TPSA) is 64.8 Å². The number of Topliss-reactive ketones (excluding diaryl/α,β-unsaturated/α-hetero) is 2. The maximum Gasteiger partial charge on any atom is 0.435 e. The van der Waals surface area contributed by atoms with Gasteiger partial charge in [0.05, 0.1) is 17.8 Å².